The number of fused-ring (bicyclic) bond motifs is 1. The summed E-state index contributed by atoms with van der Waals surface area (Å²) in [5, 5.41) is 15.2. The van der Waals surface area contributed by atoms with Gasteiger partial charge in [0.15, 0.2) is 0 Å². The van der Waals surface area contributed by atoms with E-state index in [4.69, 9.17) is 17.3 Å². The normalized spacial score (nSPS) is 11.4. The van der Waals surface area contributed by atoms with Gasteiger partial charge in [0.2, 0.25) is 0 Å². The molecule has 0 aliphatic heterocycles. The first-order chi connectivity index (χ1) is 16.3. The van der Waals surface area contributed by atoms with E-state index >= 15 is 0 Å². The average molecular weight is 484 g/mol. The molecule has 182 valence electrons. The van der Waals surface area contributed by atoms with Crippen molar-refractivity contribution in [2.24, 2.45) is 0 Å². The number of hydrogen-bond acceptors (Lipinski definition) is 5. The van der Waals surface area contributed by atoms with Crippen LogP contribution in [0.25, 0.3) is 10.8 Å². The molecule has 0 spiro atoms. The molecule has 0 aliphatic rings. The number of H-pyrrole nitrogens is 1. The number of amides is 1. The van der Waals surface area contributed by atoms with Crippen LogP contribution in [-0.2, 0) is 0 Å². The highest BCUT2D eigenvalue weighted by Crippen LogP contribution is 2.25. The SMILES string of the molecule is CC.CCN(CC)CC(O)CNC(=O)c1cc(C#Cc2c(N)ncc3ccc(Cl)cc23)c(C)[nH]1. The van der Waals surface area contributed by atoms with E-state index in [2.05, 4.69) is 32.0 Å². The number of anilines is 1. The van der Waals surface area contributed by atoms with Gasteiger partial charge in [0.1, 0.15) is 11.5 Å². The van der Waals surface area contributed by atoms with E-state index in [1.807, 2.05) is 46.8 Å². The number of hydrogen-bond donors (Lipinski definition) is 4. The largest absolute Gasteiger partial charge is 0.390 e. The van der Waals surface area contributed by atoms with Crippen LogP contribution in [0.1, 0.15) is 55.0 Å². The molecule has 2 heterocycles. The van der Waals surface area contributed by atoms with Gasteiger partial charge in [-0.25, -0.2) is 4.98 Å². The van der Waals surface area contributed by atoms with Crippen LogP contribution in [0.2, 0.25) is 5.02 Å². The molecule has 0 bridgehead atoms. The number of carbonyl (C=O) groups excluding carboxylic acids is 1. The Balaban J connectivity index is 0.00000199. The molecular weight excluding hydrogens is 450 g/mol. The zero-order chi connectivity index (χ0) is 25.3. The van der Waals surface area contributed by atoms with Crippen LogP contribution in [0, 0.1) is 18.8 Å². The van der Waals surface area contributed by atoms with Gasteiger partial charge < -0.3 is 26.0 Å². The van der Waals surface area contributed by atoms with Crippen LogP contribution in [-0.4, -0.2) is 58.2 Å². The van der Waals surface area contributed by atoms with Crippen LogP contribution in [0.3, 0.4) is 0 Å². The molecule has 0 saturated carbocycles. The lowest BCUT2D eigenvalue weighted by molar-refractivity contribution is 0.0865. The number of aryl methyl sites for hydroxylation is 1. The topological polar surface area (TPSA) is 107 Å². The number of aliphatic hydroxyl groups excluding tert-OH is 1. The average Bonchev–Trinajstić information content (AvgIpc) is 3.22. The van der Waals surface area contributed by atoms with E-state index in [1.54, 1.807) is 18.3 Å². The summed E-state index contributed by atoms with van der Waals surface area (Å²) in [6.45, 7) is 12.3. The number of nitrogens with one attached hydrogen (secondary N) is 2. The number of aliphatic hydroxyl groups is 1. The van der Waals surface area contributed by atoms with Crippen molar-refractivity contribution in [2.75, 3.05) is 31.9 Å². The maximum atomic E-state index is 12.5. The highest BCUT2D eigenvalue weighted by molar-refractivity contribution is 6.31. The minimum absolute atomic E-state index is 0.174. The number of nitrogens with zero attached hydrogens (tertiary/aromatic N) is 2. The van der Waals surface area contributed by atoms with Gasteiger partial charge in [-0.15, -0.1) is 0 Å². The summed E-state index contributed by atoms with van der Waals surface area (Å²) in [6.07, 6.45) is 1.05. The van der Waals surface area contributed by atoms with Crippen LogP contribution >= 0.6 is 11.6 Å². The van der Waals surface area contributed by atoms with Crippen LogP contribution in [0.5, 0.6) is 0 Å². The van der Waals surface area contributed by atoms with Crippen LogP contribution < -0.4 is 11.1 Å². The van der Waals surface area contributed by atoms with Gasteiger partial charge in [0.25, 0.3) is 5.91 Å². The highest BCUT2D eigenvalue weighted by atomic mass is 35.5. The Morgan fingerprint density at radius 1 is 1.26 bits per heavy atom. The number of benzene rings is 1. The Morgan fingerprint density at radius 3 is 2.65 bits per heavy atom. The summed E-state index contributed by atoms with van der Waals surface area (Å²) in [5.41, 5.74) is 8.47. The lowest BCUT2D eigenvalue weighted by Crippen LogP contribution is -2.40. The molecule has 1 amide bonds. The summed E-state index contributed by atoms with van der Waals surface area (Å²) in [4.78, 5) is 21.9. The predicted molar refractivity (Wildman–Crippen MR) is 140 cm³/mol. The molecule has 1 aromatic carbocycles. The number of pyridine rings is 1. The number of aromatic amines is 1. The second kappa shape index (κ2) is 13.0. The van der Waals surface area contributed by atoms with E-state index in [1.165, 1.54) is 0 Å². The number of aromatic nitrogens is 2. The molecule has 0 fully saturated rings. The van der Waals surface area contributed by atoms with Gasteiger partial charge in [0, 0.05) is 46.3 Å². The first-order valence-corrected chi connectivity index (χ1v) is 11.9. The first kappa shape index (κ1) is 27.2. The zero-order valence-electron chi connectivity index (χ0n) is 20.5. The molecule has 5 N–H and O–H groups in total. The number of rotatable bonds is 7. The third-order valence-corrected chi connectivity index (χ3v) is 5.56. The summed E-state index contributed by atoms with van der Waals surface area (Å²) in [5.74, 6) is 6.19. The molecule has 1 unspecified atom stereocenters. The standard InChI is InChI=1S/C24H28ClN5O2.C2H6/c1-4-30(5-2)14-19(31)13-28-24(32)22-10-16(15(3)29-22)7-9-20-21-11-18(25)8-6-17(21)12-27-23(20)26;1-2/h6,8,10-12,19,29,31H,4-5,13-14H2,1-3H3,(H2,26,27)(H,28,32);1-2H3. The van der Waals surface area contributed by atoms with Crippen molar-refractivity contribution in [1.29, 1.82) is 0 Å². The molecule has 0 radical (unpaired) electrons. The molecule has 7 nitrogen and oxygen atoms in total. The van der Waals surface area contributed by atoms with Gasteiger partial charge >= 0.3 is 0 Å². The molecule has 0 aliphatic carbocycles. The number of carbonyl (C=O) groups is 1. The minimum atomic E-state index is -0.636. The smallest absolute Gasteiger partial charge is 0.267 e. The number of nitrogens with two attached hydrogens (primary N) is 1. The van der Waals surface area contributed by atoms with Gasteiger partial charge in [-0.2, -0.15) is 0 Å². The molecule has 3 rings (SSSR count). The molecule has 2 aromatic heterocycles. The Hall–Kier alpha value is -3.05. The second-order valence-electron chi connectivity index (χ2n) is 7.57. The maximum Gasteiger partial charge on any atom is 0.267 e. The van der Waals surface area contributed by atoms with Crippen molar-refractivity contribution in [3.63, 3.8) is 0 Å². The van der Waals surface area contributed by atoms with E-state index < -0.39 is 6.10 Å². The van der Waals surface area contributed by atoms with Gasteiger partial charge in [-0.05, 0) is 38.2 Å². The van der Waals surface area contributed by atoms with Crippen molar-refractivity contribution < 1.29 is 9.90 Å². The Bertz CT molecular complexity index is 1170. The predicted octanol–water partition coefficient (Wildman–Crippen LogP) is 3.97. The fourth-order valence-electron chi connectivity index (χ4n) is 3.42. The maximum absolute atomic E-state index is 12.5. The van der Waals surface area contributed by atoms with Crippen molar-refractivity contribution >= 4 is 34.1 Å². The highest BCUT2D eigenvalue weighted by Gasteiger charge is 2.14. The molecular formula is C26H34ClN5O2. The van der Waals surface area contributed by atoms with Gasteiger partial charge in [-0.3, -0.25) is 4.79 Å². The monoisotopic (exact) mass is 483 g/mol. The molecule has 1 atom stereocenters. The molecule has 8 heteroatoms. The Kier molecular flexibility index (Phi) is 10.4. The van der Waals surface area contributed by atoms with Gasteiger partial charge in [0.05, 0.1) is 11.7 Å². The minimum Gasteiger partial charge on any atom is -0.390 e. The fourth-order valence-corrected chi connectivity index (χ4v) is 3.59. The molecule has 3 aromatic rings. The summed E-state index contributed by atoms with van der Waals surface area (Å²) < 4.78 is 0. The first-order valence-electron chi connectivity index (χ1n) is 11.6. The summed E-state index contributed by atoms with van der Waals surface area (Å²) >= 11 is 6.14. The number of nitrogen functional groups attached to an aromatic ring is 1. The third kappa shape index (κ3) is 6.97. The lowest BCUT2D eigenvalue weighted by Gasteiger charge is -2.21. The fraction of sp³-hybridized carbons (Fsp3) is 0.385. The van der Waals surface area contributed by atoms with E-state index in [9.17, 15) is 9.90 Å². The molecule has 34 heavy (non-hydrogen) atoms. The van der Waals surface area contributed by atoms with Crippen molar-refractivity contribution in [1.82, 2.24) is 20.2 Å². The van der Waals surface area contributed by atoms with Gasteiger partial charge in [-0.1, -0.05) is 57.2 Å². The van der Waals surface area contributed by atoms with E-state index in [-0.39, 0.29) is 12.5 Å². The third-order valence-electron chi connectivity index (χ3n) is 5.33. The Labute approximate surface area is 206 Å². The summed E-state index contributed by atoms with van der Waals surface area (Å²) in [6, 6.07) is 7.16. The number of likely N-dealkylation sites (N-methyl/N-ethyl adjacent to an activating group) is 1. The van der Waals surface area contributed by atoms with E-state index in [0.29, 0.717) is 34.2 Å². The summed E-state index contributed by atoms with van der Waals surface area (Å²) in [7, 11) is 0. The Morgan fingerprint density at radius 2 is 1.97 bits per heavy atom. The quantitative estimate of drug-likeness (QED) is 0.380. The zero-order valence-corrected chi connectivity index (χ0v) is 21.3. The lowest BCUT2D eigenvalue weighted by atomic mass is 10.1. The van der Waals surface area contributed by atoms with Crippen molar-refractivity contribution in [3.8, 4) is 11.8 Å². The van der Waals surface area contributed by atoms with Crippen LogP contribution in [0.4, 0.5) is 5.82 Å². The molecule has 0 saturated heterocycles. The van der Waals surface area contributed by atoms with Crippen molar-refractivity contribution in [3.05, 3.63) is 58.0 Å². The van der Waals surface area contributed by atoms with Crippen molar-refractivity contribution in [2.45, 2.75) is 40.7 Å². The number of halogens is 1. The second-order valence-corrected chi connectivity index (χ2v) is 8.01. The van der Waals surface area contributed by atoms with Crippen LogP contribution in [0.15, 0.2) is 30.5 Å². The van der Waals surface area contributed by atoms with E-state index in [0.717, 1.165) is 29.6 Å².